The molecule has 0 saturated heterocycles. The number of nitrogens with zero attached hydrogens (tertiary/aromatic N) is 2. The minimum Gasteiger partial charge on any atom is -0.347 e. The van der Waals surface area contributed by atoms with E-state index in [0.29, 0.717) is 11.4 Å². The molecule has 0 saturated carbocycles. The van der Waals surface area contributed by atoms with Crippen LogP contribution < -0.4 is 5.32 Å². The first-order valence-electron chi connectivity index (χ1n) is 6.29. The molecule has 0 radical (unpaired) electrons. The number of hydrogen-bond acceptors (Lipinski definition) is 3. The topological polar surface area (TPSA) is 64.0 Å². The average Bonchev–Trinajstić information content (AvgIpc) is 2.58. The third kappa shape index (κ3) is 4.45. The molecule has 1 aromatic heterocycles. The predicted octanol–water partition coefficient (Wildman–Crippen LogP) is 1.44. The smallest absolute Gasteiger partial charge is 0.272 e. The second-order valence-electron chi connectivity index (χ2n) is 5.87. The fourth-order valence-electron chi connectivity index (χ4n) is 1.96. The lowest BCUT2D eigenvalue weighted by atomic mass is 10.1. The van der Waals surface area contributed by atoms with E-state index < -0.39 is 10.8 Å². The molecule has 0 unspecified atom stereocenters. The average molecular weight is 285 g/mol. The zero-order valence-electron chi connectivity index (χ0n) is 12.5. The van der Waals surface area contributed by atoms with Gasteiger partial charge in [-0.15, -0.1) is 0 Å². The van der Waals surface area contributed by atoms with E-state index >= 15 is 0 Å². The first-order chi connectivity index (χ1) is 8.61. The van der Waals surface area contributed by atoms with Crippen LogP contribution in [0.2, 0.25) is 0 Å². The van der Waals surface area contributed by atoms with Crippen LogP contribution in [-0.4, -0.2) is 37.9 Å². The molecule has 1 heterocycles. The molecule has 5 nitrogen and oxygen atoms in total. The van der Waals surface area contributed by atoms with Gasteiger partial charge in [0.05, 0.1) is 5.54 Å². The Morgan fingerprint density at radius 2 is 2.11 bits per heavy atom. The van der Waals surface area contributed by atoms with Gasteiger partial charge in [0, 0.05) is 34.5 Å². The number of carbonyl (C=O) groups excluding carboxylic acids is 1. The van der Waals surface area contributed by atoms with Crippen LogP contribution in [0.5, 0.6) is 0 Å². The van der Waals surface area contributed by atoms with Crippen LogP contribution in [0, 0.1) is 6.92 Å². The SMILES string of the molecule is Cc1cc(C(=O)N[C@H](C)C[S@@](C)=O)nn1C(C)(C)C. The second-order valence-corrected chi connectivity index (χ2v) is 7.35. The number of amides is 1. The largest absolute Gasteiger partial charge is 0.347 e. The zero-order chi connectivity index (χ0) is 14.8. The Bertz CT molecular complexity index is 489. The van der Waals surface area contributed by atoms with E-state index in [-0.39, 0.29) is 17.5 Å². The Labute approximate surface area is 117 Å². The van der Waals surface area contributed by atoms with Crippen LogP contribution in [0.4, 0.5) is 0 Å². The van der Waals surface area contributed by atoms with Gasteiger partial charge < -0.3 is 5.32 Å². The molecular formula is C13H23N3O2S. The zero-order valence-corrected chi connectivity index (χ0v) is 13.3. The van der Waals surface area contributed by atoms with Crippen molar-refractivity contribution in [2.45, 2.75) is 46.2 Å². The van der Waals surface area contributed by atoms with Gasteiger partial charge in [0.25, 0.3) is 5.91 Å². The van der Waals surface area contributed by atoms with Crippen molar-refractivity contribution >= 4 is 16.7 Å². The lowest BCUT2D eigenvalue weighted by Crippen LogP contribution is -2.36. The van der Waals surface area contributed by atoms with Gasteiger partial charge in [0.1, 0.15) is 5.69 Å². The van der Waals surface area contributed by atoms with Gasteiger partial charge in [-0.2, -0.15) is 5.10 Å². The van der Waals surface area contributed by atoms with Crippen molar-refractivity contribution in [2.24, 2.45) is 0 Å². The highest BCUT2D eigenvalue weighted by atomic mass is 32.2. The number of rotatable bonds is 4. The van der Waals surface area contributed by atoms with E-state index in [2.05, 4.69) is 10.4 Å². The molecule has 0 aromatic carbocycles. The lowest BCUT2D eigenvalue weighted by Gasteiger charge is -2.21. The maximum atomic E-state index is 12.0. The first-order valence-corrected chi connectivity index (χ1v) is 8.02. The normalized spacial score (nSPS) is 15.1. The molecule has 0 bridgehead atoms. The molecule has 0 spiro atoms. The maximum absolute atomic E-state index is 12.0. The summed E-state index contributed by atoms with van der Waals surface area (Å²) in [6.45, 7) is 9.89. The lowest BCUT2D eigenvalue weighted by molar-refractivity contribution is 0.0937. The third-order valence-corrected chi connectivity index (χ3v) is 3.59. The Kier molecular flexibility index (Phi) is 4.90. The van der Waals surface area contributed by atoms with E-state index in [9.17, 15) is 9.00 Å². The highest BCUT2D eigenvalue weighted by Gasteiger charge is 2.21. The molecule has 1 aromatic rings. The van der Waals surface area contributed by atoms with Gasteiger partial charge in [-0.05, 0) is 40.7 Å². The number of nitrogens with one attached hydrogen (secondary N) is 1. The summed E-state index contributed by atoms with van der Waals surface area (Å²) in [5.74, 6) is 0.231. The number of aryl methyl sites for hydroxylation is 1. The Morgan fingerprint density at radius 3 is 2.53 bits per heavy atom. The van der Waals surface area contributed by atoms with Gasteiger partial charge in [-0.1, -0.05) is 0 Å². The number of aromatic nitrogens is 2. The third-order valence-electron chi connectivity index (χ3n) is 2.62. The summed E-state index contributed by atoms with van der Waals surface area (Å²) in [7, 11) is -0.922. The van der Waals surface area contributed by atoms with Gasteiger partial charge >= 0.3 is 0 Å². The molecular weight excluding hydrogens is 262 g/mol. The van der Waals surface area contributed by atoms with E-state index in [1.165, 1.54) is 0 Å². The molecule has 1 N–H and O–H groups in total. The Hall–Kier alpha value is -1.17. The number of carbonyl (C=O) groups is 1. The summed E-state index contributed by atoms with van der Waals surface area (Å²) in [5, 5.41) is 7.15. The monoisotopic (exact) mass is 285 g/mol. The van der Waals surface area contributed by atoms with E-state index in [1.807, 2.05) is 39.3 Å². The highest BCUT2D eigenvalue weighted by molar-refractivity contribution is 7.84. The Balaban J connectivity index is 2.81. The summed E-state index contributed by atoms with van der Waals surface area (Å²) < 4.78 is 12.9. The van der Waals surface area contributed by atoms with Crippen molar-refractivity contribution in [3.8, 4) is 0 Å². The predicted molar refractivity (Wildman–Crippen MR) is 77.8 cm³/mol. The van der Waals surface area contributed by atoms with Crippen LogP contribution in [-0.2, 0) is 16.3 Å². The summed E-state index contributed by atoms with van der Waals surface area (Å²) in [4.78, 5) is 12.0. The molecule has 6 heteroatoms. The molecule has 0 aliphatic heterocycles. The van der Waals surface area contributed by atoms with Gasteiger partial charge in [-0.25, -0.2) is 0 Å². The van der Waals surface area contributed by atoms with Gasteiger partial charge in [-0.3, -0.25) is 13.7 Å². The fourth-order valence-corrected chi connectivity index (χ4v) is 2.74. The van der Waals surface area contributed by atoms with Crippen molar-refractivity contribution < 1.29 is 9.00 Å². The summed E-state index contributed by atoms with van der Waals surface area (Å²) >= 11 is 0. The molecule has 19 heavy (non-hydrogen) atoms. The molecule has 0 aliphatic rings. The molecule has 0 aliphatic carbocycles. The van der Waals surface area contributed by atoms with E-state index in [4.69, 9.17) is 0 Å². The molecule has 1 amide bonds. The molecule has 108 valence electrons. The fraction of sp³-hybridized carbons (Fsp3) is 0.692. The van der Waals surface area contributed by atoms with Crippen molar-refractivity contribution in [2.75, 3.05) is 12.0 Å². The minimum absolute atomic E-state index is 0.126. The molecule has 1 rings (SSSR count). The van der Waals surface area contributed by atoms with Crippen molar-refractivity contribution in [1.82, 2.24) is 15.1 Å². The van der Waals surface area contributed by atoms with Crippen molar-refractivity contribution in [3.05, 3.63) is 17.5 Å². The van der Waals surface area contributed by atoms with Crippen LogP contribution in [0.1, 0.15) is 43.9 Å². The second kappa shape index (κ2) is 5.86. The minimum atomic E-state index is -0.922. The maximum Gasteiger partial charge on any atom is 0.272 e. The van der Waals surface area contributed by atoms with Crippen LogP contribution in [0.3, 0.4) is 0 Å². The number of hydrogen-bond donors (Lipinski definition) is 1. The molecule has 2 atom stereocenters. The van der Waals surface area contributed by atoms with E-state index in [1.54, 1.807) is 12.3 Å². The summed E-state index contributed by atoms with van der Waals surface area (Å²) in [5.41, 5.74) is 1.20. The highest BCUT2D eigenvalue weighted by Crippen LogP contribution is 2.16. The van der Waals surface area contributed by atoms with Crippen LogP contribution in [0.25, 0.3) is 0 Å². The van der Waals surface area contributed by atoms with E-state index in [0.717, 1.165) is 5.69 Å². The quantitative estimate of drug-likeness (QED) is 0.910. The van der Waals surface area contributed by atoms with Crippen LogP contribution >= 0.6 is 0 Å². The first kappa shape index (κ1) is 15.9. The van der Waals surface area contributed by atoms with Gasteiger partial charge in [0.15, 0.2) is 0 Å². The van der Waals surface area contributed by atoms with Crippen molar-refractivity contribution in [1.29, 1.82) is 0 Å². The molecule has 0 fully saturated rings. The van der Waals surface area contributed by atoms with Gasteiger partial charge in [0.2, 0.25) is 0 Å². The standard InChI is InChI=1S/C13H23N3O2S/c1-9(8-19(6)18)14-12(17)11-7-10(2)16(15-11)13(3,4)5/h7,9H,8H2,1-6H3,(H,14,17)/t9-,19-/m1/s1. The summed E-state index contributed by atoms with van der Waals surface area (Å²) in [6, 6.07) is 1.65. The summed E-state index contributed by atoms with van der Waals surface area (Å²) in [6.07, 6.45) is 1.63. The van der Waals surface area contributed by atoms with Crippen LogP contribution in [0.15, 0.2) is 6.07 Å². The Morgan fingerprint density at radius 1 is 1.53 bits per heavy atom. The van der Waals surface area contributed by atoms with Crippen molar-refractivity contribution in [3.63, 3.8) is 0 Å².